The third kappa shape index (κ3) is 3.26. The van der Waals surface area contributed by atoms with Crippen LogP contribution in [-0.4, -0.2) is 57.1 Å². The van der Waals surface area contributed by atoms with Crippen LogP contribution in [0.3, 0.4) is 0 Å². The number of esters is 1. The van der Waals surface area contributed by atoms with E-state index < -0.39 is 22.1 Å². The van der Waals surface area contributed by atoms with Crippen LogP contribution in [0.5, 0.6) is 5.75 Å². The minimum Gasteiger partial charge on any atom is -0.478 e. The summed E-state index contributed by atoms with van der Waals surface area (Å²) >= 11 is 0. The molecule has 0 aromatic heterocycles. The predicted molar refractivity (Wildman–Crippen MR) is 87.4 cm³/mol. The van der Waals surface area contributed by atoms with E-state index in [1.165, 1.54) is 10.4 Å². The van der Waals surface area contributed by atoms with Gasteiger partial charge < -0.3 is 14.8 Å². The van der Waals surface area contributed by atoms with Gasteiger partial charge in [-0.2, -0.15) is 4.31 Å². The minimum absolute atomic E-state index is 0.125. The second-order valence-corrected chi connectivity index (χ2v) is 7.99. The number of carbonyl (C=O) groups excluding carboxylic acids is 1. The molecule has 2 aliphatic rings. The molecule has 24 heavy (non-hydrogen) atoms. The summed E-state index contributed by atoms with van der Waals surface area (Å²) in [5.41, 5.74) is 0.720. The van der Waals surface area contributed by atoms with Gasteiger partial charge in [-0.15, -0.1) is 0 Å². The zero-order valence-corrected chi connectivity index (χ0v) is 14.6. The van der Waals surface area contributed by atoms with Gasteiger partial charge in [-0.05, 0) is 37.6 Å². The van der Waals surface area contributed by atoms with Crippen molar-refractivity contribution in [3.8, 4) is 5.75 Å². The normalized spacial score (nSPS) is 24.2. The highest BCUT2D eigenvalue weighted by Crippen LogP contribution is 2.32. The molecular weight excluding hydrogens is 332 g/mol. The highest BCUT2D eigenvalue weighted by Gasteiger charge is 2.33. The van der Waals surface area contributed by atoms with Crippen LogP contribution in [0.15, 0.2) is 23.1 Å². The van der Waals surface area contributed by atoms with E-state index in [0.29, 0.717) is 31.8 Å². The third-order valence-electron chi connectivity index (χ3n) is 4.23. The van der Waals surface area contributed by atoms with Crippen molar-refractivity contribution in [2.24, 2.45) is 0 Å². The van der Waals surface area contributed by atoms with Crippen LogP contribution in [0.25, 0.3) is 0 Å². The van der Waals surface area contributed by atoms with E-state index in [2.05, 4.69) is 5.32 Å². The van der Waals surface area contributed by atoms with Gasteiger partial charge in [-0.3, -0.25) is 0 Å². The molecule has 0 radical (unpaired) electrons. The molecule has 0 spiro atoms. The third-order valence-corrected chi connectivity index (χ3v) is 6.09. The Morgan fingerprint density at radius 1 is 1.46 bits per heavy atom. The fourth-order valence-electron chi connectivity index (χ4n) is 3.02. The molecule has 132 valence electrons. The first-order valence-corrected chi connectivity index (χ1v) is 9.55. The monoisotopic (exact) mass is 354 g/mol. The quantitative estimate of drug-likeness (QED) is 0.794. The predicted octanol–water partition coefficient (Wildman–Crippen LogP) is 0.536. The fraction of sp³-hybridized carbons (Fsp3) is 0.562. The Balaban J connectivity index is 1.80. The average Bonchev–Trinajstić information content (AvgIpc) is 2.98. The van der Waals surface area contributed by atoms with Crippen LogP contribution in [0, 0.1) is 0 Å². The molecule has 1 saturated heterocycles. The second kappa shape index (κ2) is 6.70. The van der Waals surface area contributed by atoms with E-state index in [-0.39, 0.29) is 17.5 Å². The summed E-state index contributed by atoms with van der Waals surface area (Å²) in [6.45, 7) is 5.52. The number of ether oxygens (including phenoxy) is 2. The maximum absolute atomic E-state index is 12.8. The smallest absolute Gasteiger partial charge is 0.347 e. The molecule has 2 heterocycles. The topological polar surface area (TPSA) is 84.9 Å². The van der Waals surface area contributed by atoms with Crippen LogP contribution in [0.2, 0.25) is 0 Å². The van der Waals surface area contributed by atoms with E-state index >= 15 is 0 Å². The number of hydrogen-bond acceptors (Lipinski definition) is 6. The maximum atomic E-state index is 12.8. The Morgan fingerprint density at radius 3 is 2.96 bits per heavy atom. The van der Waals surface area contributed by atoms with Crippen LogP contribution in [0.4, 0.5) is 0 Å². The lowest BCUT2D eigenvalue weighted by atomic mass is 10.1. The van der Waals surface area contributed by atoms with E-state index in [4.69, 9.17) is 9.47 Å². The van der Waals surface area contributed by atoms with Crippen molar-refractivity contribution in [1.82, 2.24) is 9.62 Å². The second-order valence-electron chi connectivity index (χ2n) is 6.05. The van der Waals surface area contributed by atoms with Gasteiger partial charge >= 0.3 is 5.97 Å². The number of sulfonamides is 1. The highest BCUT2D eigenvalue weighted by atomic mass is 32.2. The van der Waals surface area contributed by atoms with Crippen molar-refractivity contribution >= 4 is 16.0 Å². The summed E-state index contributed by atoms with van der Waals surface area (Å²) in [5.74, 6) is 0.120. The fourth-order valence-corrected chi connectivity index (χ4v) is 4.60. The van der Waals surface area contributed by atoms with E-state index in [1.807, 2.05) is 6.92 Å². The number of carbonyl (C=O) groups is 1. The Labute approximate surface area is 142 Å². The molecule has 1 aromatic rings. The van der Waals surface area contributed by atoms with Gasteiger partial charge in [0, 0.05) is 32.1 Å². The number of benzene rings is 1. The molecule has 3 rings (SSSR count). The van der Waals surface area contributed by atoms with Crippen molar-refractivity contribution in [3.63, 3.8) is 0 Å². The van der Waals surface area contributed by atoms with E-state index in [9.17, 15) is 13.2 Å². The molecule has 0 saturated carbocycles. The molecule has 7 nitrogen and oxygen atoms in total. The first-order valence-electron chi connectivity index (χ1n) is 8.11. The molecule has 8 heteroatoms. The van der Waals surface area contributed by atoms with Gasteiger partial charge in [0.2, 0.25) is 10.0 Å². The summed E-state index contributed by atoms with van der Waals surface area (Å²) in [7, 11) is -3.54. The van der Waals surface area contributed by atoms with Gasteiger partial charge in [0.15, 0.2) is 6.10 Å². The lowest BCUT2D eigenvalue weighted by Crippen LogP contribution is -2.51. The van der Waals surface area contributed by atoms with E-state index in [0.717, 1.165) is 5.56 Å². The largest absolute Gasteiger partial charge is 0.478 e. The number of piperazine rings is 1. The van der Waals surface area contributed by atoms with E-state index in [1.54, 1.807) is 19.1 Å². The maximum Gasteiger partial charge on any atom is 0.347 e. The highest BCUT2D eigenvalue weighted by molar-refractivity contribution is 7.89. The zero-order chi connectivity index (χ0) is 17.3. The number of nitrogens with one attached hydrogen (secondary N) is 1. The van der Waals surface area contributed by atoms with Crippen LogP contribution >= 0.6 is 0 Å². The molecule has 1 aromatic carbocycles. The molecule has 0 aliphatic carbocycles. The van der Waals surface area contributed by atoms with Gasteiger partial charge in [-0.1, -0.05) is 0 Å². The lowest BCUT2D eigenvalue weighted by molar-refractivity contribution is -0.150. The molecule has 0 bridgehead atoms. The summed E-state index contributed by atoms with van der Waals surface area (Å²) in [6.07, 6.45) is -0.368. The Kier molecular flexibility index (Phi) is 4.80. The molecule has 2 aliphatic heterocycles. The Bertz CT molecular complexity index is 734. The number of nitrogens with zero attached hydrogens (tertiary/aromatic N) is 1. The summed E-state index contributed by atoms with van der Waals surface area (Å²) in [6, 6.07) is 4.89. The Hall–Kier alpha value is -1.64. The van der Waals surface area contributed by atoms with Crippen molar-refractivity contribution < 1.29 is 22.7 Å². The SMILES string of the molecule is CCOC(=O)C1Cc2cc(S(=O)(=O)N3CCNC(C)C3)ccc2O1. The van der Waals surface area contributed by atoms with Crippen molar-refractivity contribution in [2.45, 2.75) is 37.3 Å². The first-order chi connectivity index (χ1) is 11.4. The van der Waals surface area contributed by atoms with Crippen LogP contribution < -0.4 is 10.1 Å². The van der Waals surface area contributed by atoms with Crippen molar-refractivity contribution in [2.75, 3.05) is 26.2 Å². The zero-order valence-electron chi connectivity index (χ0n) is 13.8. The molecule has 1 N–H and O–H groups in total. The Morgan fingerprint density at radius 2 is 2.25 bits per heavy atom. The average molecular weight is 354 g/mol. The molecule has 1 fully saturated rings. The first kappa shape index (κ1) is 17.2. The van der Waals surface area contributed by atoms with Gasteiger partial charge in [0.1, 0.15) is 5.75 Å². The van der Waals surface area contributed by atoms with Gasteiger partial charge in [0.25, 0.3) is 0 Å². The number of hydrogen-bond donors (Lipinski definition) is 1. The molecule has 0 amide bonds. The summed E-state index contributed by atoms with van der Waals surface area (Å²) < 4.78 is 37.6. The molecular formula is C16H22N2O5S. The minimum atomic E-state index is -3.54. The number of fused-ring (bicyclic) bond motifs is 1. The van der Waals surface area contributed by atoms with Crippen LogP contribution in [0.1, 0.15) is 19.4 Å². The summed E-state index contributed by atoms with van der Waals surface area (Å²) in [4.78, 5) is 12.0. The van der Waals surface area contributed by atoms with Gasteiger partial charge in [-0.25, -0.2) is 13.2 Å². The van der Waals surface area contributed by atoms with Crippen molar-refractivity contribution in [1.29, 1.82) is 0 Å². The molecule has 2 unspecified atom stereocenters. The lowest BCUT2D eigenvalue weighted by Gasteiger charge is -2.31. The standard InChI is InChI=1S/C16H22N2O5S/c1-3-22-16(19)15-9-12-8-13(4-5-14(12)23-15)24(20,21)18-7-6-17-11(2)10-18/h4-5,8,11,15,17H,3,6-7,9-10H2,1-2H3. The number of rotatable bonds is 4. The summed E-state index contributed by atoms with van der Waals surface area (Å²) in [5, 5.41) is 3.23. The van der Waals surface area contributed by atoms with Gasteiger partial charge in [0.05, 0.1) is 11.5 Å². The molecule has 2 atom stereocenters. The van der Waals surface area contributed by atoms with Crippen molar-refractivity contribution in [3.05, 3.63) is 23.8 Å². The van der Waals surface area contributed by atoms with Crippen LogP contribution in [-0.2, 0) is 26.0 Å².